The molecule has 0 spiro atoms. The molecule has 22 heavy (non-hydrogen) atoms. The number of aromatic nitrogens is 3. The van der Waals surface area contributed by atoms with Gasteiger partial charge in [-0.05, 0) is 29.5 Å². The summed E-state index contributed by atoms with van der Waals surface area (Å²) >= 11 is 1.65. The molecule has 0 amide bonds. The first kappa shape index (κ1) is 13.0. The lowest BCUT2D eigenvalue weighted by molar-refractivity contribution is 0.434. The fourth-order valence-corrected chi connectivity index (χ4v) is 3.42. The molecule has 1 N–H and O–H groups in total. The highest BCUT2D eigenvalue weighted by molar-refractivity contribution is 7.14. The third-order valence-corrected chi connectivity index (χ3v) is 4.52. The Hall–Kier alpha value is -2.66. The zero-order valence-electron chi connectivity index (χ0n) is 11.9. The molecule has 0 saturated carbocycles. The van der Waals surface area contributed by atoms with Gasteiger partial charge in [-0.15, -0.1) is 11.3 Å². The van der Waals surface area contributed by atoms with Crippen LogP contribution in [-0.2, 0) is 0 Å². The third kappa shape index (κ3) is 2.07. The lowest BCUT2D eigenvalue weighted by atomic mass is 10.1. The number of aromatic hydroxyl groups is 1. The quantitative estimate of drug-likeness (QED) is 0.605. The number of thiophene rings is 1. The van der Waals surface area contributed by atoms with E-state index in [1.807, 2.05) is 25.1 Å². The van der Waals surface area contributed by atoms with Crippen molar-refractivity contribution < 1.29 is 5.11 Å². The fraction of sp³-hybridized carbons (Fsp3) is 0.0588. The number of hydrogen-bond donors (Lipinski definition) is 1. The van der Waals surface area contributed by atoms with Crippen molar-refractivity contribution in [2.24, 2.45) is 0 Å². The second kappa shape index (κ2) is 4.96. The molecular formula is C17H13N3OS. The molecule has 0 unspecified atom stereocenters. The van der Waals surface area contributed by atoms with E-state index in [1.165, 1.54) is 15.6 Å². The van der Waals surface area contributed by atoms with Crippen LogP contribution < -0.4 is 0 Å². The molecular weight excluding hydrogens is 294 g/mol. The second-order valence-electron chi connectivity index (χ2n) is 5.12. The zero-order valence-corrected chi connectivity index (χ0v) is 12.7. The zero-order chi connectivity index (χ0) is 15.1. The van der Waals surface area contributed by atoms with Crippen LogP contribution in [0.3, 0.4) is 0 Å². The molecule has 0 fully saturated rings. The van der Waals surface area contributed by atoms with Crippen molar-refractivity contribution in [1.29, 1.82) is 0 Å². The van der Waals surface area contributed by atoms with Gasteiger partial charge in [0.2, 0.25) is 5.88 Å². The highest BCUT2D eigenvalue weighted by Gasteiger charge is 2.13. The first-order chi connectivity index (χ1) is 10.7. The SMILES string of the molecule is Cc1cc(O)n2ncc(-c3cc(-c4ccccc4)cs3)c2n1. The molecule has 108 valence electrons. The average molecular weight is 307 g/mol. The smallest absolute Gasteiger partial charge is 0.215 e. The summed E-state index contributed by atoms with van der Waals surface area (Å²) in [6, 6.07) is 14.0. The Morgan fingerprint density at radius 3 is 2.73 bits per heavy atom. The van der Waals surface area contributed by atoms with Gasteiger partial charge in [-0.25, -0.2) is 4.98 Å². The maximum Gasteiger partial charge on any atom is 0.215 e. The van der Waals surface area contributed by atoms with Gasteiger partial charge in [0, 0.05) is 16.6 Å². The number of benzene rings is 1. The van der Waals surface area contributed by atoms with Crippen molar-refractivity contribution in [1.82, 2.24) is 14.6 Å². The van der Waals surface area contributed by atoms with Crippen LogP contribution >= 0.6 is 11.3 Å². The van der Waals surface area contributed by atoms with E-state index in [2.05, 4.69) is 33.7 Å². The van der Waals surface area contributed by atoms with Gasteiger partial charge in [-0.1, -0.05) is 30.3 Å². The van der Waals surface area contributed by atoms with E-state index < -0.39 is 0 Å². The number of aryl methyl sites for hydroxylation is 1. The molecule has 5 heteroatoms. The Balaban J connectivity index is 1.85. The number of rotatable bonds is 2. The molecule has 4 aromatic rings. The van der Waals surface area contributed by atoms with Crippen LogP contribution in [0.25, 0.3) is 27.2 Å². The topological polar surface area (TPSA) is 50.4 Å². The van der Waals surface area contributed by atoms with Crippen molar-refractivity contribution in [2.75, 3.05) is 0 Å². The summed E-state index contributed by atoms with van der Waals surface area (Å²) in [7, 11) is 0. The molecule has 3 heterocycles. The van der Waals surface area contributed by atoms with Gasteiger partial charge in [-0.3, -0.25) is 0 Å². The molecule has 0 saturated heterocycles. The lowest BCUT2D eigenvalue weighted by Crippen LogP contribution is -1.93. The van der Waals surface area contributed by atoms with Crippen LogP contribution in [0.2, 0.25) is 0 Å². The minimum Gasteiger partial charge on any atom is -0.493 e. The highest BCUT2D eigenvalue weighted by Crippen LogP contribution is 2.34. The van der Waals surface area contributed by atoms with Crippen molar-refractivity contribution in [3.8, 4) is 27.4 Å². The summed E-state index contributed by atoms with van der Waals surface area (Å²) in [6.45, 7) is 1.86. The van der Waals surface area contributed by atoms with Crippen molar-refractivity contribution >= 4 is 17.0 Å². The summed E-state index contributed by atoms with van der Waals surface area (Å²) in [5.41, 5.74) is 4.75. The van der Waals surface area contributed by atoms with Crippen LogP contribution in [0.4, 0.5) is 0 Å². The maximum absolute atomic E-state index is 9.96. The fourth-order valence-electron chi connectivity index (χ4n) is 2.50. The van der Waals surface area contributed by atoms with Crippen molar-refractivity contribution in [2.45, 2.75) is 6.92 Å². The minimum absolute atomic E-state index is 0.105. The first-order valence-corrected chi connectivity index (χ1v) is 7.79. The van der Waals surface area contributed by atoms with E-state index >= 15 is 0 Å². The summed E-state index contributed by atoms with van der Waals surface area (Å²) in [5.74, 6) is 0.105. The van der Waals surface area contributed by atoms with E-state index in [1.54, 1.807) is 23.6 Å². The minimum atomic E-state index is 0.105. The Labute approximate surface area is 131 Å². The Kier molecular flexibility index (Phi) is 2.94. The summed E-state index contributed by atoms with van der Waals surface area (Å²) in [6.07, 6.45) is 1.75. The van der Waals surface area contributed by atoms with Gasteiger partial charge in [0.15, 0.2) is 5.65 Å². The predicted octanol–water partition coefficient (Wildman–Crippen LogP) is 4.14. The average Bonchev–Trinajstić information content (AvgIpc) is 3.14. The van der Waals surface area contributed by atoms with Crippen LogP contribution in [0, 0.1) is 6.92 Å². The molecule has 0 aliphatic rings. The number of hydrogen-bond acceptors (Lipinski definition) is 4. The standard InChI is InChI=1S/C17H13N3OS/c1-11-7-16(21)20-17(19-11)14(9-18-20)15-8-13(10-22-15)12-5-3-2-4-6-12/h2-10,21H,1H3. The molecule has 0 bridgehead atoms. The molecule has 0 atom stereocenters. The summed E-state index contributed by atoms with van der Waals surface area (Å²) < 4.78 is 1.46. The van der Waals surface area contributed by atoms with Gasteiger partial charge in [0.25, 0.3) is 0 Å². The number of fused-ring (bicyclic) bond motifs is 1. The maximum atomic E-state index is 9.96. The van der Waals surface area contributed by atoms with Crippen LogP contribution in [0.5, 0.6) is 5.88 Å². The molecule has 1 aromatic carbocycles. The molecule has 0 radical (unpaired) electrons. The van der Waals surface area contributed by atoms with E-state index in [-0.39, 0.29) is 5.88 Å². The van der Waals surface area contributed by atoms with Gasteiger partial charge < -0.3 is 5.11 Å². The Bertz CT molecular complexity index is 957. The largest absolute Gasteiger partial charge is 0.493 e. The third-order valence-electron chi connectivity index (χ3n) is 3.55. The molecule has 0 aliphatic heterocycles. The second-order valence-corrected chi connectivity index (χ2v) is 6.03. The first-order valence-electron chi connectivity index (χ1n) is 6.91. The molecule has 4 nitrogen and oxygen atoms in total. The number of nitrogens with zero attached hydrogens (tertiary/aromatic N) is 3. The Morgan fingerprint density at radius 2 is 1.91 bits per heavy atom. The molecule has 0 aliphatic carbocycles. The van der Waals surface area contributed by atoms with Gasteiger partial charge in [-0.2, -0.15) is 9.61 Å². The van der Waals surface area contributed by atoms with Gasteiger partial charge in [0.05, 0.1) is 11.8 Å². The molecule has 3 aromatic heterocycles. The van der Waals surface area contributed by atoms with Gasteiger partial charge in [0.1, 0.15) is 0 Å². The Morgan fingerprint density at radius 1 is 1.09 bits per heavy atom. The van der Waals surface area contributed by atoms with E-state index in [4.69, 9.17) is 0 Å². The molecule has 4 rings (SSSR count). The van der Waals surface area contributed by atoms with Gasteiger partial charge >= 0.3 is 0 Å². The van der Waals surface area contributed by atoms with E-state index in [0.29, 0.717) is 5.65 Å². The van der Waals surface area contributed by atoms with Crippen LogP contribution in [-0.4, -0.2) is 19.7 Å². The predicted molar refractivity (Wildman–Crippen MR) is 88.1 cm³/mol. The van der Waals surface area contributed by atoms with E-state index in [9.17, 15) is 5.11 Å². The van der Waals surface area contributed by atoms with Crippen molar-refractivity contribution in [3.05, 3.63) is 59.7 Å². The summed E-state index contributed by atoms with van der Waals surface area (Å²) in [4.78, 5) is 5.59. The van der Waals surface area contributed by atoms with Crippen LogP contribution in [0.15, 0.2) is 54.0 Å². The van der Waals surface area contributed by atoms with E-state index in [0.717, 1.165) is 16.1 Å². The lowest BCUT2D eigenvalue weighted by Gasteiger charge is -2.00. The monoisotopic (exact) mass is 307 g/mol. The highest BCUT2D eigenvalue weighted by atomic mass is 32.1. The van der Waals surface area contributed by atoms with Crippen LogP contribution in [0.1, 0.15) is 5.69 Å². The summed E-state index contributed by atoms with van der Waals surface area (Å²) in [5, 5.41) is 16.3. The van der Waals surface area contributed by atoms with Crippen molar-refractivity contribution in [3.63, 3.8) is 0 Å². The normalized spacial score (nSPS) is 11.1.